The number of amides is 1. The number of fused-ring (bicyclic) bond motifs is 2. The number of anilines is 1. The zero-order chi connectivity index (χ0) is 22.3. The third-order valence-corrected chi connectivity index (χ3v) is 5.90. The molecule has 4 rings (SSSR count). The number of nitrogens with zero attached hydrogens (tertiary/aromatic N) is 3. The number of nitrogens with one attached hydrogen (secondary N) is 1. The lowest BCUT2D eigenvalue weighted by Crippen LogP contribution is -2.37. The largest absolute Gasteiger partial charge is 0.491 e. The second-order valence-corrected chi connectivity index (χ2v) is 8.48. The molecule has 0 fully saturated rings. The van der Waals surface area contributed by atoms with Crippen molar-refractivity contribution in [3.63, 3.8) is 0 Å². The summed E-state index contributed by atoms with van der Waals surface area (Å²) in [5.74, 6) is 1.73. The number of hydrogen-bond donors (Lipinski definition) is 2. The zero-order valence-electron chi connectivity index (χ0n) is 18.7. The maximum absolute atomic E-state index is 12.3. The van der Waals surface area contributed by atoms with Crippen LogP contribution in [0.5, 0.6) is 5.75 Å². The zero-order valence-corrected chi connectivity index (χ0v) is 18.7. The lowest BCUT2D eigenvalue weighted by atomic mass is 10.1. The minimum Gasteiger partial charge on any atom is -0.491 e. The van der Waals surface area contributed by atoms with E-state index in [1.807, 2.05) is 54.4 Å². The van der Waals surface area contributed by atoms with Gasteiger partial charge in [0.05, 0.1) is 18.8 Å². The Kier molecular flexibility index (Phi) is 7.27. The Labute approximate surface area is 189 Å². The number of aliphatic imine (C=N–C) groups is 1. The molecule has 0 spiro atoms. The Hall–Kier alpha value is -3.06. The van der Waals surface area contributed by atoms with E-state index in [0.717, 1.165) is 54.8 Å². The average Bonchev–Trinajstić information content (AvgIpc) is 3.16. The molecule has 0 bridgehead atoms. The smallest absolute Gasteiger partial charge is 0.222 e. The predicted octanol–water partition coefficient (Wildman–Crippen LogP) is 3.59. The van der Waals surface area contributed by atoms with Crippen LogP contribution >= 0.6 is 0 Å². The minimum absolute atomic E-state index is 0.195. The van der Waals surface area contributed by atoms with Gasteiger partial charge in [0, 0.05) is 26.6 Å². The van der Waals surface area contributed by atoms with Crippen molar-refractivity contribution in [3.8, 4) is 5.75 Å². The highest BCUT2D eigenvalue weighted by molar-refractivity contribution is 5.98. The number of rotatable bonds is 10. The van der Waals surface area contributed by atoms with Crippen LogP contribution in [0, 0.1) is 0 Å². The van der Waals surface area contributed by atoms with Crippen molar-refractivity contribution in [1.82, 2.24) is 9.80 Å². The number of carbonyl (C=O) groups is 1. The van der Waals surface area contributed by atoms with Crippen LogP contribution in [0.15, 0.2) is 53.5 Å². The molecule has 7 heteroatoms. The van der Waals surface area contributed by atoms with Crippen molar-refractivity contribution in [2.24, 2.45) is 4.99 Å². The molecule has 7 nitrogen and oxygen atoms in total. The Morgan fingerprint density at radius 3 is 2.81 bits per heavy atom. The number of unbranched alkanes of at least 4 members (excludes halogenated alkanes) is 3. The molecule has 2 N–H and O–H groups in total. The standard InChI is InChI=1S/C25H32N4O3/c1-28(16-19-10-5-4-6-11-19)23(31)14-7-2-3-8-15-32-21-13-9-12-20-17-29-18-22(30)26-25(29)27-24(20)21/h4-6,9-13,22,30H,2-3,7-8,14-18H2,1H3,(H,26,27). The second kappa shape index (κ2) is 10.5. The molecule has 32 heavy (non-hydrogen) atoms. The number of aliphatic hydroxyl groups excluding tert-OH is 1. The monoisotopic (exact) mass is 436 g/mol. The van der Waals surface area contributed by atoms with Crippen LogP contribution in [0.1, 0.15) is 43.2 Å². The summed E-state index contributed by atoms with van der Waals surface area (Å²) in [6.07, 6.45) is 3.82. The van der Waals surface area contributed by atoms with E-state index in [9.17, 15) is 9.90 Å². The van der Waals surface area contributed by atoms with E-state index in [2.05, 4.69) is 16.4 Å². The number of aliphatic hydroxyl groups is 1. The first-order valence-electron chi connectivity index (χ1n) is 11.4. The predicted molar refractivity (Wildman–Crippen MR) is 125 cm³/mol. The van der Waals surface area contributed by atoms with Gasteiger partial charge in [-0.25, -0.2) is 4.99 Å². The van der Waals surface area contributed by atoms with Gasteiger partial charge >= 0.3 is 0 Å². The van der Waals surface area contributed by atoms with Gasteiger partial charge in [-0.1, -0.05) is 55.3 Å². The first-order chi connectivity index (χ1) is 15.6. The van der Waals surface area contributed by atoms with E-state index in [-0.39, 0.29) is 5.91 Å². The van der Waals surface area contributed by atoms with Crippen molar-refractivity contribution in [3.05, 3.63) is 59.7 Å². The Morgan fingerprint density at radius 1 is 1.16 bits per heavy atom. The molecule has 0 saturated heterocycles. The highest BCUT2D eigenvalue weighted by Crippen LogP contribution is 2.34. The van der Waals surface area contributed by atoms with Crippen molar-refractivity contribution in [1.29, 1.82) is 0 Å². The van der Waals surface area contributed by atoms with Gasteiger partial charge in [-0.3, -0.25) is 4.79 Å². The molecule has 2 aliphatic rings. The number of hydrogen-bond acceptors (Lipinski definition) is 6. The lowest BCUT2D eigenvalue weighted by molar-refractivity contribution is -0.130. The van der Waals surface area contributed by atoms with Crippen molar-refractivity contribution >= 4 is 17.6 Å². The maximum Gasteiger partial charge on any atom is 0.222 e. The molecule has 170 valence electrons. The minimum atomic E-state index is -0.666. The van der Waals surface area contributed by atoms with Crippen molar-refractivity contribution in [2.45, 2.75) is 51.4 Å². The topological polar surface area (TPSA) is 77.4 Å². The molecule has 2 aromatic rings. The van der Waals surface area contributed by atoms with E-state index >= 15 is 0 Å². The maximum atomic E-state index is 12.3. The van der Waals surface area contributed by atoms with Gasteiger partial charge in [0.1, 0.15) is 5.75 Å². The summed E-state index contributed by atoms with van der Waals surface area (Å²) in [6, 6.07) is 16.1. The van der Waals surface area contributed by atoms with Gasteiger partial charge in [0.25, 0.3) is 0 Å². The molecular weight excluding hydrogens is 404 g/mol. The molecular formula is C25H32N4O3. The first-order valence-corrected chi connectivity index (χ1v) is 11.4. The van der Waals surface area contributed by atoms with Crippen LogP contribution in [0.25, 0.3) is 0 Å². The molecule has 1 unspecified atom stereocenters. The molecule has 0 saturated carbocycles. The second-order valence-electron chi connectivity index (χ2n) is 8.48. The Morgan fingerprint density at radius 2 is 1.97 bits per heavy atom. The van der Waals surface area contributed by atoms with Crippen LogP contribution in [-0.2, 0) is 17.9 Å². The third-order valence-electron chi connectivity index (χ3n) is 5.90. The fourth-order valence-corrected chi connectivity index (χ4v) is 4.14. The Balaban J connectivity index is 1.14. The van der Waals surface area contributed by atoms with E-state index in [0.29, 0.717) is 32.1 Å². The number of carbonyl (C=O) groups excluding carboxylic acids is 1. The highest BCUT2D eigenvalue weighted by Gasteiger charge is 2.29. The number of guanidine groups is 1. The van der Waals surface area contributed by atoms with E-state index in [1.165, 1.54) is 0 Å². The molecule has 0 aromatic heterocycles. The fourth-order valence-electron chi connectivity index (χ4n) is 4.14. The molecule has 2 aliphatic heterocycles. The van der Waals surface area contributed by atoms with Gasteiger partial charge < -0.3 is 25.0 Å². The summed E-state index contributed by atoms with van der Waals surface area (Å²) in [5.41, 5.74) is 3.25. The molecule has 2 aromatic carbocycles. The van der Waals surface area contributed by atoms with E-state index in [1.54, 1.807) is 4.90 Å². The van der Waals surface area contributed by atoms with Crippen LogP contribution in [0.2, 0.25) is 0 Å². The number of para-hydroxylation sites is 1. The summed E-state index contributed by atoms with van der Waals surface area (Å²) >= 11 is 0. The number of ether oxygens (including phenoxy) is 1. The van der Waals surface area contributed by atoms with E-state index < -0.39 is 6.23 Å². The summed E-state index contributed by atoms with van der Waals surface area (Å²) in [7, 11) is 1.87. The third kappa shape index (κ3) is 5.59. The van der Waals surface area contributed by atoms with Crippen LogP contribution in [0.4, 0.5) is 5.69 Å². The average molecular weight is 437 g/mol. The van der Waals surface area contributed by atoms with Crippen LogP contribution in [0.3, 0.4) is 0 Å². The molecule has 1 amide bonds. The fraction of sp³-hybridized carbons (Fsp3) is 0.440. The van der Waals surface area contributed by atoms with Crippen LogP contribution in [-0.4, -0.2) is 53.2 Å². The van der Waals surface area contributed by atoms with E-state index in [4.69, 9.17) is 4.74 Å². The van der Waals surface area contributed by atoms with Crippen molar-refractivity contribution in [2.75, 3.05) is 25.5 Å². The molecule has 0 radical (unpaired) electrons. The first kappa shape index (κ1) is 22.1. The lowest BCUT2D eigenvalue weighted by Gasteiger charge is -2.29. The summed E-state index contributed by atoms with van der Waals surface area (Å²) < 4.78 is 6.04. The molecule has 1 atom stereocenters. The SMILES string of the molecule is CN(Cc1ccccc1)C(=O)CCCCCCOc1cccc2c1NC1=NC(O)CN1C2. The Bertz CT molecular complexity index is 947. The van der Waals surface area contributed by atoms with Gasteiger partial charge in [-0.05, 0) is 30.0 Å². The summed E-state index contributed by atoms with van der Waals surface area (Å²) in [5, 5.41) is 13.1. The van der Waals surface area contributed by atoms with Gasteiger partial charge in [0.15, 0.2) is 6.23 Å². The van der Waals surface area contributed by atoms with Crippen molar-refractivity contribution < 1.29 is 14.6 Å². The number of benzene rings is 2. The summed E-state index contributed by atoms with van der Waals surface area (Å²) in [4.78, 5) is 20.4. The molecule has 0 aliphatic carbocycles. The van der Waals surface area contributed by atoms with Gasteiger partial charge in [0.2, 0.25) is 11.9 Å². The highest BCUT2D eigenvalue weighted by atomic mass is 16.5. The molecule has 2 heterocycles. The summed E-state index contributed by atoms with van der Waals surface area (Å²) in [6.45, 7) is 2.55. The normalized spacial score (nSPS) is 16.6. The quantitative estimate of drug-likeness (QED) is 0.557. The van der Waals surface area contributed by atoms with Gasteiger partial charge in [-0.15, -0.1) is 0 Å². The van der Waals surface area contributed by atoms with Crippen LogP contribution < -0.4 is 10.1 Å². The van der Waals surface area contributed by atoms with Gasteiger partial charge in [-0.2, -0.15) is 0 Å².